The Morgan fingerprint density at radius 2 is 1.90 bits per heavy atom. The predicted octanol–water partition coefficient (Wildman–Crippen LogP) is 4.06. The van der Waals surface area contributed by atoms with Crippen LogP contribution in [-0.4, -0.2) is 16.0 Å². The fraction of sp³-hybridized carbons (Fsp3) is 0.267. The smallest absolute Gasteiger partial charge is 0.408 e. The fourth-order valence-corrected chi connectivity index (χ4v) is 1.78. The van der Waals surface area contributed by atoms with Crippen molar-refractivity contribution < 1.29 is 17.9 Å². The number of rotatable bonds is 5. The maximum atomic E-state index is 12.2. The fourth-order valence-electron chi connectivity index (χ4n) is 1.78. The number of benzene rings is 1. The van der Waals surface area contributed by atoms with Crippen LogP contribution in [0.1, 0.15) is 18.2 Å². The van der Waals surface area contributed by atoms with Gasteiger partial charge in [-0.3, -0.25) is 4.68 Å². The molecule has 0 aliphatic carbocycles. The summed E-state index contributed by atoms with van der Waals surface area (Å²) in [7, 11) is 0. The summed E-state index contributed by atoms with van der Waals surface area (Å²) in [4.78, 5) is 0. The Morgan fingerprint density at radius 3 is 2.52 bits per heavy atom. The first-order chi connectivity index (χ1) is 9.96. The highest BCUT2D eigenvalue weighted by molar-refractivity contribution is 5.50. The molecule has 0 aliphatic rings. The van der Waals surface area contributed by atoms with Gasteiger partial charge in [0.25, 0.3) is 0 Å². The monoisotopic (exact) mass is 296 g/mol. The van der Waals surface area contributed by atoms with E-state index in [0.29, 0.717) is 11.4 Å². The van der Waals surface area contributed by atoms with Crippen LogP contribution in [0, 0.1) is 0 Å². The van der Waals surface area contributed by atoms with Crippen molar-refractivity contribution >= 4 is 6.08 Å². The van der Waals surface area contributed by atoms with E-state index in [0.717, 1.165) is 10.2 Å². The number of hydrogen-bond donors (Lipinski definition) is 0. The summed E-state index contributed by atoms with van der Waals surface area (Å²) in [5.41, 5.74) is 1.51. The lowest BCUT2D eigenvalue weighted by atomic mass is 10.2. The normalized spacial score (nSPS) is 12.0. The van der Waals surface area contributed by atoms with E-state index in [-0.39, 0.29) is 6.61 Å². The average Bonchev–Trinajstić information content (AvgIpc) is 2.84. The van der Waals surface area contributed by atoms with Gasteiger partial charge in [0.05, 0.1) is 5.69 Å². The minimum atomic E-state index is -4.27. The Labute approximate surface area is 120 Å². The molecule has 2 rings (SSSR count). The van der Waals surface area contributed by atoms with Gasteiger partial charge < -0.3 is 4.74 Å². The highest BCUT2D eigenvalue weighted by Gasteiger charge is 2.28. The van der Waals surface area contributed by atoms with Gasteiger partial charge in [-0.05, 0) is 30.7 Å². The van der Waals surface area contributed by atoms with Crippen LogP contribution in [0.15, 0.2) is 42.6 Å². The SMILES string of the molecule is C/C=C/c1ccc(OCc2ccn(CC(F)(F)F)n2)cc1. The maximum Gasteiger partial charge on any atom is 0.408 e. The second kappa shape index (κ2) is 6.47. The van der Waals surface area contributed by atoms with Crippen molar-refractivity contribution in [2.75, 3.05) is 0 Å². The summed E-state index contributed by atoms with van der Waals surface area (Å²) >= 11 is 0. The Kier molecular flexibility index (Phi) is 4.67. The summed E-state index contributed by atoms with van der Waals surface area (Å²) in [5.74, 6) is 0.647. The molecule has 1 aromatic heterocycles. The molecule has 0 unspecified atom stereocenters. The summed E-state index contributed by atoms with van der Waals surface area (Å²) in [6, 6.07) is 8.93. The topological polar surface area (TPSA) is 27.1 Å². The molecule has 0 amide bonds. The minimum Gasteiger partial charge on any atom is -0.487 e. The van der Waals surface area contributed by atoms with Gasteiger partial charge in [0.2, 0.25) is 0 Å². The van der Waals surface area contributed by atoms with E-state index in [2.05, 4.69) is 5.10 Å². The van der Waals surface area contributed by atoms with Crippen molar-refractivity contribution in [1.82, 2.24) is 9.78 Å². The third-order valence-corrected chi connectivity index (χ3v) is 2.66. The molecule has 0 atom stereocenters. The number of aromatic nitrogens is 2. The Morgan fingerprint density at radius 1 is 1.19 bits per heavy atom. The molecular weight excluding hydrogens is 281 g/mol. The van der Waals surface area contributed by atoms with E-state index in [1.165, 1.54) is 12.3 Å². The van der Waals surface area contributed by atoms with Gasteiger partial charge in [0.1, 0.15) is 18.9 Å². The molecule has 1 heterocycles. The first-order valence-electron chi connectivity index (χ1n) is 6.41. The van der Waals surface area contributed by atoms with E-state index in [1.54, 1.807) is 0 Å². The molecule has 0 bridgehead atoms. The van der Waals surface area contributed by atoms with Crippen LogP contribution in [0.2, 0.25) is 0 Å². The van der Waals surface area contributed by atoms with E-state index in [4.69, 9.17) is 4.74 Å². The molecule has 0 saturated carbocycles. The van der Waals surface area contributed by atoms with Crippen LogP contribution in [0.5, 0.6) is 5.75 Å². The van der Waals surface area contributed by atoms with Crippen molar-refractivity contribution in [2.24, 2.45) is 0 Å². The van der Waals surface area contributed by atoms with Gasteiger partial charge in [-0.25, -0.2) is 0 Å². The number of halogens is 3. The van der Waals surface area contributed by atoms with Crippen LogP contribution in [0.4, 0.5) is 13.2 Å². The van der Waals surface area contributed by atoms with Crippen molar-refractivity contribution in [2.45, 2.75) is 26.3 Å². The minimum absolute atomic E-state index is 0.133. The summed E-state index contributed by atoms with van der Waals surface area (Å²) < 4.78 is 43.0. The quantitative estimate of drug-likeness (QED) is 0.832. The van der Waals surface area contributed by atoms with E-state index < -0.39 is 12.7 Å². The molecule has 0 N–H and O–H groups in total. The van der Waals surface area contributed by atoms with Gasteiger partial charge in [0, 0.05) is 6.20 Å². The molecule has 0 radical (unpaired) electrons. The number of allylic oxidation sites excluding steroid dienone is 1. The van der Waals surface area contributed by atoms with Gasteiger partial charge in [-0.2, -0.15) is 18.3 Å². The van der Waals surface area contributed by atoms with Crippen molar-refractivity contribution in [3.63, 3.8) is 0 Å². The van der Waals surface area contributed by atoms with Crippen LogP contribution in [0.25, 0.3) is 6.08 Å². The first-order valence-corrected chi connectivity index (χ1v) is 6.41. The Hall–Kier alpha value is -2.24. The summed E-state index contributed by atoms with van der Waals surface area (Å²) in [6.07, 6.45) is 0.917. The largest absolute Gasteiger partial charge is 0.487 e. The molecule has 0 fully saturated rings. The third kappa shape index (κ3) is 4.98. The standard InChI is InChI=1S/C15H15F3N2O/c1-2-3-12-4-6-14(7-5-12)21-10-13-8-9-20(19-13)11-15(16,17)18/h2-9H,10-11H2,1H3/b3-2+. The van der Waals surface area contributed by atoms with Crippen molar-refractivity contribution in [3.05, 3.63) is 53.9 Å². The summed E-state index contributed by atoms with van der Waals surface area (Å²) in [5, 5.41) is 3.82. The van der Waals surface area contributed by atoms with Crippen LogP contribution in [-0.2, 0) is 13.2 Å². The molecule has 6 heteroatoms. The predicted molar refractivity (Wildman–Crippen MR) is 73.8 cm³/mol. The maximum absolute atomic E-state index is 12.2. The average molecular weight is 296 g/mol. The van der Waals surface area contributed by atoms with Crippen molar-refractivity contribution in [1.29, 1.82) is 0 Å². The second-order valence-corrected chi connectivity index (χ2v) is 4.48. The van der Waals surface area contributed by atoms with Gasteiger partial charge >= 0.3 is 6.18 Å². The van der Waals surface area contributed by atoms with Crippen LogP contribution < -0.4 is 4.74 Å². The summed E-state index contributed by atoms with van der Waals surface area (Å²) in [6.45, 7) is 0.973. The number of ether oxygens (including phenoxy) is 1. The number of hydrogen-bond acceptors (Lipinski definition) is 2. The molecule has 2 aromatic rings. The van der Waals surface area contributed by atoms with Gasteiger partial charge in [-0.15, -0.1) is 0 Å². The molecule has 0 aliphatic heterocycles. The third-order valence-electron chi connectivity index (χ3n) is 2.66. The molecule has 1 aromatic carbocycles. The molecular formula is C15H15F3N2O. The first kappa shape index (κ1) is 15.2. The van der Waals surface area contributed by atoms with Crippen LogP contribution >= 0.6 is 0 Å². The van der Waals surface area contributed by atoms with E-state index in [9.17, 15) is 13.2 Å². The van der Waals surface area contributed by atoms with Gasteiger partial charge in [-0.1, -0.05) is 24.3 Å². The molecule has 3 nitrogen and oxygen atoms in total. The molecule has 21 heavy (non-hydrogen) atoms. The number of alkyl halides is 3. The zero-order valence-electron chi connectivity index (χ0n) is 11.5. The molecule has 0 saturated heterocycles. The Balaban J connectivity index is 1.91. The Bertz CT molecular complexity index is 600. The zero-order chi connectivity index (χ0) is 15.3. The van der Waals surface area contributed by atoms with Crippen LogP contribution in [0.3, 0.4) is 0 Å². The molecule has 0 spiro atoms. The number of nitrogens with zero attached hydrogens (tertiary/aromatic N) is 2. The molecule has 112 valence electrons. The highest BCUT2D eigenvalue weighted by Crippen LogP contribution is 2.18. The lowest BCUT2D eigenvalue weighted by Gasteiger charge is -2.06. The highest BCUT2D eigenvalue weighted by atomic mass is 19.4. The zero-order valence-corrected chi connectivity index (χ0v) is 11.5. The lowest BCUT2D eigenvalue weighted by molar-refractivity contribution is -0.142. The van der Waals surface area contributed by atoms with Crippen molar-refractivity contribution in [3.8, 4) is 5.75 Å². The van der Waals surface area contributed by atoms with Gasteiger partial charge in [0.15, 0.2) is 0 Å². The lowest BCUT2D eigenvalue weighted by Crippen LogP contribution is -2.18. The van der Waals surface area contributed by atoms with E-state index >= 15 is 0 Å². The van der Waals surface area contributed by atoms with E-state index in [1.807, 2.05) is 43.3 Å². The second-order valence-electron chi connectivity index (χ2n) is 4.48.